The van der Waals surface area contributed by atoms with Crippen LogP contribution < -0.4 is 5.32 Å². The largest absolute Gasteiger partial charge is 0.385 e. The van der Waals surface area contributed by atoms with Crippen molar-refractivity contribution in [3.8, 4) is 0 Å². The van der Waals surface area contributed by atoms with Gasteiger partial charge in [0.25, 0.3) is 0 Å². The van der Waals surface area contributed by atoms with Crippen LogP contribution in [0.15, 0.2) is 23.0 Å². The molecule has 0 saturated carbocycles. The highest BCUT2D eigenvalue weighted by Crippen LogP contribution is 2.12. The predicted octanol–water partition coefficient (Wildman–Crippen LogP) is 2.90. The summed E-state index contributed by atoms with van der Waals surface area (Å²) >= 11 is 1.72. The highest BCUT2D eigenvalue weighted by atomic mass is 32.1. The number of ether oxygens (including phenoxy) is 1. The maximum absolute atomic E-state index is 5.08. The monoisotopic (exact) mass is 265 g/mol. The number of aryl methyl sites for hydroxylation is 2. The third-order valence-electron chi connectivity index (χ3n) is 2.68. The summed E-state index contributed by atoms with van der Waals surface area (Å²) in [6.07, 6.45) is 3.07. The fourth-order valence-electron chi connectivity index (χ4n) is 1.81. The molecule has 0 aliphatic carbocycles. The molecule has 0 aromatic carbocycles. The van der Waals surface area contributed by atoms with Gasteiger partial charge in [0.15, 0.2) is 0 Å². The summed E-state index contributed by atoms with van der Waals surface area (Å²) in [4.78, 5) is 4.50. The van der Waals surface area contributed by atoms with Gasteiger partial charge in [-0.05, 0) is 35.7 Å². The molecule has 0 radical (unpaired) electrons. The highest BCUT2D eigenvalue weighted by Gasteiger charge is 2.05. The van der Waals surface area contributed by atoms with Crippen LogP contribution in [0.25, 0.3) is 0 Å². The molecular weight excluding hydrogens is 246 g/mol. The molecule has 98 valence electrons. The van der Waals surface area contributed by atoms with Gasteiger partial charge in [-0.15, -0.1) is 0 Å². The van der Waals surface area contributed by atoms with Crippen molar-refractivity contribution in [1.29, 1.82) is 0 Å². The zero-order valence-electron chi connectivity index (χ0n) is 10.8. The predicted molar refractivity (Wildman–Crippen MR) is 75.1 cm³/mol. The maximum Gasteiger partial charge on any atom is 0.203 e. The zero-order valence-corrected chi connectivity index (χ0v) is 11.7. The number of methoxy groups -OCH3 is 1. The molecule has 2 aromatic rings. The Balaban J connectivity index is 1.93. The molecule has 0 saturated heterocycles. The molecule has 0 aliphatic heterocycles. The topological polar surface area (TPSA) is 39.1 Å². The van der Waals surface area contributed by atoms with Crippen LogP contribution in [-0.2, 0) is 17.8 Å². The van der Waals surface area contributed by atoms with Crippen molar-refractivity contribution in [2.75, 3.05) is 19.0 Å². The first kappa shape index (κ1) is 13.1. The number of rotatable bonds is 7. The van der Waals surface area contributed by atoms with Crippen LogP contribution in [-0.4, -0.2) is 23.3 Å². The fourth-order valence-corrected chi connectivity index (χ4v) is 2.48. The SMILES string of the molecule is COCCCn1cc(C)nc1NCc1ccsc1. The maximum atomic E-state index is 5.08. The number of thiophene rings is 1. The van der Waals surface area contributed by atoms with E-state index in [1.54, 1.807) is 18.4 Å². The first-order valence-corrected chi connectivity index (χ1v) is 7.01. The molecule has 0 atom stereocenters. The van der Waals surface area contributed by atoms with Crippen molar-refractivity contribution in [2.24, 2.45) is 0 Å². The second kappa shape index (κ2) is 6.56. The van der Waals surface area contributed by atoms with E-state index >= 15 is 0 Å². The van der Waals surface area contributed by atoms with Gasteiger partial charge in [-0.1, -0.05) is 0 Å². The quantitative estimate of drug-likeness (QED) is 0.782. The normalized spacial score (nSPS) is 10.8. The van der Waals surface area contributed by atoms with Gasteiger partial charge in [0.1, 0.15) is 0 Å². The van der Waals surface area contributed by atoms with Gasteiger partial charge in [-0.3, -0.25) is 0 Å². The lowest BCUT2D eigenvalue weighted by Gasteiger charge is -2.08. The van der Waals surface area contributed by atoms with Gasteiger partial charge >= 0.3 is 0 Å². The van der Waals surface area contributed by atoms with Crippen LogP contribution in [0.1, 0.15) is 17.7 Å². The molecule has 0 amide bonds. The molecule has 0 fully saturated rings. The number of hydrogen-bond donors (Lipinski definition) is 1. The number of imidazole rings is 1. The van der Waals surface area contributed by atoms with Crippen LogP contribution in [0.3, 0.4) is 0 Å². The van der Waals surface area contributed by atoms with Gasteiger partial charge < -0.3 is 14.6 Å². The number of anilines is 1. The van der Waals surface area contributed by atoms with E-state index < -0.39 is 0 Å². The van der Waals surface area contributed by atoms with Crippen LogP contribution >= 0.6 is 11.3 Å². The standard InChI is InChI=1S/C13H19N3OS/c1-11-9-16(5-3-6-17-2)13(15-11)14-8-12-4-7-18-10-12/h4,7,9-10H,3,5-6,8H2,1-2H3,(H,14,15). The van der Waals surface area contributed by atoms with Crippen LogP contribution in [0.2, 0.25) is 0 Å². The van der Waals surface area contributed by atoms with Crippen LogP contribution in [0.5, 0.6) is 0 Å². The Bertz CT molecular complexity index is 465. The second-order valence-corrected chi connectivity index (χ2v) is 5.01. The molecule has 1 N–H and O–H groups in total. The molecule has 0 bridgehead atoms. The van der Waals surface area contributed by atoms with Crippen molar-refractivity contribution < 1.29 is 4.74 Å². The molecule has 18 heavy (non-hydrogen) atoms. The summed E-state index contributed by atoms with van der Waals surface area (Å²) in [6, 6.07) is 2.13. The lowest BCUT2D eigenvalue weighted by Crippen LogP contribution is -2.08. The Morgan fingerprint density at radius 3 is 3.11 bits per heavy atom. The van der Waals surface area contributed by atoms with E-state index in [0.717, 1.165) is 37.8 Å². The van der Waals surface area contributed by atoms with Gasteiger partial charge in [0.2, 0.25) is 5.95 Å². The molecule has 2 aromatic heterocycles. The van der Waals surface area contributed by atoms with Crippen molar-refractivity contribution in [3.05, 3.63) is 34.3 Å². The molecule has 2 rings (SSSR count). The van der Waals surface area contributed by atoms with E-state index in [9.17, 15) is 0 Å². The van der Waals surface area contributed by atoms with Crippen molar-refractivity contribution in [1.82, 2.24) is 9.55 Å². The Morgan fingerprint density at radius 2 is 2.39 bits per heavy atom. The molecular formula is C13H19N3OS. The molecule has 5 heteroatoms. The zero-order chi connectivity index (χ0) is 12.8. The Morgan fingerprint density at radius 1 is 1.50 bits per heavy atom. The van der Waals surface area contributed by atoms with Gasteiger partial charge in [-0.25, -0.2) is 4.98 Å². The smallest absolute Gasteiger partial charge is 0.203 e. The number of nitrogens with one attached hydrogen (secondary N) is 1. The fraction of sp³-hybridized carbons (Fsp3) is 0.462. The summed E-state index contributed by atoms with van der Waals surface area (Å²) in [6.45, 7) is 4.55. The third kappa shape index (κ3) is 3.58. The molecule has 0 spiro atoms. The summed E-state index contributed by atoms with van der Waals surface area (Å²) in [5, 5.41) is 7.62. The summed E-state index contributed by atoms with van der Waals surface area (Å²) in [5.74, 6) is 0.940. The third-order valence-corrected chi connectivity index (χ3v) is 3.41. The minimum absolute atomic E-state index is 0.779. The Hall–Kier alpha value is -1.33. The van der Waals surface area contributed by atoms with Crippen molar-refractivity contribution in [3.63, 3.8) is 0 Å². The number of nitrogens with zero attached hydrogens (tertiary/aromatic N) is 2. The van der Waals surface area contributed by atoms with E-state index in [-0.39, 0.29) is 0 Å². The Kier molecular flexibility index (Phi) is 4.78. The van der Waals surface area contributed by atoms with Crippen LogP contribution in [0, 0.1) is 6.92 Å². The van der Waals surface area contributed by atoms with Crippen LogP contribution in [0.4, 0.5) is 5.95 Å². The molecule has 2 heterocycles. The second-order valence-electron chi connectivity index (χ2n) is 4.23. The average molecular weight is 265 g/mol. The number of aromatic nitrogens is 2. The van der Waals surface area contributed by atoms with E-state index in [2.05, 4.69) is 37.9 Å². The summed E-state index contributed by atoms with van der Waals surface area (Å²) in [7, 11) is 1.73. The highest BCUT2D eigenvalue weighted by molar-refractivity contribution is 7.07. The average Bonchev–Trinajstić information content (AvgIpc) is 2.97. The van der Waals surface area contributed by atoms with Gasteiger partial charge in [0, 0.05) is 33.0 Å². The minimum Gasteiger partial charge on any atom is -0.385 e. The van der Waals surface area contributed by atoms with E-state index in [4.69, 9.17) is 4.74 Å². The van der Waals surface area contributed by atoms with E-state index in [0.29, 0.717) is 0 Å². The molecule has 0 aliphatic rings. The summed E-state index contributed by atoms with van der Waals surface area (Å²) in [5.41, 5.74) is 2.34. The first-order chi connectivity index (χ1) is 8.79. The molecule has 4 nitrogen and oxygen atoms in total. The number of hydrogen-bond acceptors (Lipinski definition) is 4. The van der Waals surface area contributed by atoms with Crippen molar-refractivity contribution >= 4 is 17.3 Å². The van der Waals surface area contributed by atoms with Gasteiger partial charge in [-0.2, -0.15) is 11.3 Å². The van der Waals surface area contributed by atoms with E-state index in [1.165, 1.54) is 5.56 Å². The van der Waals surface area contributed by atoms with Gasteiger partial charge in [0.05, 0.1) is 5.69 Å². The minimum atomic E-state index is 0.779. The summed E-state index contributed by atoms with van der Waals surface area (Å²) < 4.78 is 7.23. The Labute approximate surface area is 112 Å². The van der Waals surface area contributed by atoms with E-state index in [1.807, 2.05) is 6.92 Å². The lowest BCUT2D eigenvalue weighted by molar-refractivity contribution is 0.190. The lowest BCUT2D eigenvalue weighted by atomic mass is 10.3. The first-order valence-electron chi connectivity index (χ1n) is 6.07. The molecule has 0 unspecified atom stereocenters. The van der Waals surface area contributed by atoms with Crippen molar-refractivity contribution in [2.45, 2.75) is 26.4 Å².